The Labute approximate surface area is 134 Å². The average molecular weight is 310 g/mol. The summed E-state index contributed by atoms with van der Waals surface area (Å²) in [5.74, 6) is 0. The van der Waals surface area contributed by atoms with E-state index < -0.39 is 0 Å². The van der Waals surface area contributed by atoms with Crippen molar-refractivity contribution in [3.63, 3.8) is 0 Å². The molecule has 2 aromatic carbocycles. The summed E-state index contributed by atoms with van der Waals surface area (Å²) in [6.45, 7) is 0.659. The van der Waals surface area contributed by atoms with Crippen LogP contribution < -0.4 is 5.56 Å². The fourth-order valence-electron chi connectivity index (χ4n) is 2.65. The number of unbranched alkanes of at least 4 members (excludes halogenated alkanes) is 1. The molecule has 0 bridgehead atoms. The van der Waals surface area contributed by atoms with E-state index in [2.05, 4.69) is 29.2 Å². The third kappa shape index (κ3) is 3.17. The van der Waals surface area contributed by atoms with E-state index in [4.69, 9.17) is 12.2 Å². The van der Waals surface area contributed by atoms with Gasteiger partial charge in [-0.15, -0.1) is 0 Å². The summed E-state index contributed by atoms with van der Waals surface area (Å²) < 4.78 is 2.17. The minimum atomic E-state index is -0.000869. The van der Waals surface area contributed by atoms with E-state index in [-0.39, 0.29) is 5.56 Å². The van der Waals surface area contributed by atoms with Crippen LogP contribution >= 0.6 is 12.2 Å². The van der Waals surface area contributed by atoms with Gasteiger partial charge in [-0.3, -0.25) is 9.36 Å². The van der Waals surface area contributed by atoms with Crippen LogP contribution in [0.4, 0.5) is 0 Å². The number of nitrogens with zero attached hydrogens (tertiary/aromatic N) is 1. The van der Waals surface area contributed by atoms with E-state index in [9.17, 15) is 4.79 Å². The molecule has 1 aromatic heterocycles. The first-order valence-corrected chi connectivity index (χ1v) is 7.92. The van der Waals surface area contributed by atoms with Crippen molar-refractivity contribution < 1.29 is 0 Å². The summed E-state index contributed by atoms with van der Waals surface area (Å²) in [7, 11) is 0. The Morgan fingerprint density at radius 2 is 1.68 bits per heavy atom. The predicted molar refractivity (Wildman–Crippen MR) is 92.8 cm³/mol. The predicted octanol–water partition coefficient (Wildman–Crippen LogP) is 4.08. The maximum Gasteiger partial charge on any atom is 0.262 e. The van der Waals surface area contributed by atoms with E-state index in [0.29, 0.717) is 16.7 Å². The largest absolute Gasteiger partial charge is 0.332 e. The fraction of sp³-hybridized carbons (Fsp3) is 0.222. The lowest BCUT2D eigenvalue weighted by Gasteiger charge is -2.08. The Hall–Kier alpha value is -2.20. The first kappa shape index (κ1) is 14.7. The van der Waals surface area contributed by atoms with Crippen molar-refractivity contribution in [2.45, 2.75) is 25.8 Å². The molecule has 0 aliphatic carbocycles. The van der Waals surface area contributed by atoms with Crippen LogP contribution in [0.3, 0.4) is 0 Å². The molecule has 0 fully saturated rings. The number of hydrogen-bond donors (Lipinski definition) is 1. The minimum Gasteiger partial charge on any atom is -0.332 e. The highest BCUT2D eigenvalue weighted by Gasteiger charge is 2.04. The average Bonchev–Trinajstić information content (AvgIpc) is 2.55. The zero-order valence-corrected chi connectivity index (χ0v) is 13.1. The summed E-state index contributed by atoms with van der Waals surface area (Å²) >= 11 is 5.32. The summed E-state index contributed by atoms with van der Waals surface area (Å²) in [4.78, 5) is 15.6. The summed E-state index contributed by atoms with van der Waals surface area (Å²) in [5, 5.41) is 0.694. The van der Waals surface area contributed by atoms with Gasteiger partial charge in [-0.2, -0.15) is 0 Å². The maximum absolute atomic E-state index is 12.5. The Morgan fingerprint density at radius 1 is 0.955 bits per heavy atom. The molecule has 1 heterocycles. The van der Waals surface area contributed by atoms with Crippen molar-refractivity contribution in [2.24, 2.45) is 0 Å². The molecule has 0 atom stereocenters. The third-order valence-electron chi connectivity index (χ3n) is 3.83. The Kier molecular flexibility index (Phi) is 4.49. The van der Waals surface area contributed by atoms with Crippen LogP contribution in [0.15, 0.2) is 59.4 Å². The van der Waals surface area contributed by atoms with Gasteiger partial charge in [0.05, 0.1) is 10.9 Å². The van der Waals surface area contributed by atoms with Crippen LogP contribution in [0, 0.1) is 4.77 Å². The van der Waals surface area contributed by atoms with Gasteiger partial charge in [0.15, 0.2) is 4.77 Å². The van der Waals surface area contributed by atoms with Crippen molar-refractivity contribution in [2.75, 3.05) is 0 Å². The van der Waals surface area contributed by atoms with Gasteiger partial charge in [-0.25, -0.2) is 0 Å². The lowest BCUT2D eigenvalue weighted by molar-refractivity contribution is 0.583. The van der Waals surface area contributed by atoms with Crippen molar-refractivity contribution in [3.05, 3.63) is 75.3 Å². The topological polar surface area (TPSA) is 37.8 Å². The van der Waals surface area contributed by atoms with E-state index >= 15 is 0 Å². The van der Waals surface area contributed by atoms with E-state index in [1.165, 1.54) is 5.56 Å². The second-order valence-corrected chi connectivity index (χ2v) is 5.76. The molecular weight excluding hydrogens is 292 g/mol. The van der Waals surface area contributed by atoms with Crippen LogP contribution in [-0.2, 0) is 13.0 Å². The number of para-hydroxylation sites is 1. The molecule has 0 saturated carbocycles. The second-order valence-electron chi connectivity index (χ2n) is 5.38. The lowest BCUT2D eigenvalue weighted by Crippen LogP contribution is -2.22. The van der Waals surface area contributed by atoms with Crippen molar-refractivity contribution in [1.82, 2.24) is 9.55 Å². The monoisotopic (exact) mass is 310 g/mol. The molecule has 0 aliphatic rings. The number of aromatic amines is 1. The molecule has 3 nitrogen and oxygen atoms in total. The SMILES string of the molecule is O=c1c2ccccc2[nH]c(=S)n1CCCCc1ccccc1. The van der Waals surface area contributed by atoms with Gasteiger partial charge in [0.25, 0.3) is 5.56 Å². The van der Waals surface area contributed by atoms with Gasteiger partial charge in [0, 0.05) is 6.54 Å². The third-order valence-corrected chi connectivity index (χ3v) is 4.15. The van der Waals surface area contributed by atoms with Crippen molar-refractivity contribution >= 4 is 23.1 Å². The second kappa shape index (κ2) is 6.71. The van der Waals surface area contributed by atoms with E-state index in [1.807, 2.05) is 30.3 Å². The zero-order chi connectivity index (χ0) is 15.4. The Balaban J connectivity index is 1.72. The first-order valence-electron chi connectivity index (χ1n) is 7.51. The van der Waals surface area contributed by atoms with Gasteiger partial charge in [-0.1, -0.05) is 42.5 Å². The molecular formula is C18H18N2OS. The van der Waals surface area contributed by atoms with Crippen LogP contribution in [0.5, 0.6) is 0 Å². The molecule has 1 N–H and O–H groups in total. The summed E-state index contributed by atoms with van der Waals surface area (Å²) in [5.41, 5.74) is 2.13. The van der Waals surface area contributed by atoms with Gasteiger partial charge in [-0.05, 0) is 49.2 Å². The number of aryl methyl sites for hydroxylation is 1. The quantitative estimate of drug-likeness (QED) is 0.569. The number of rotatable bonds is 5. The van der Waals surface area contributed by atoms with Crippen LogP contribution in [0.1, 0.15) is 18.4 Å². The van der Waals surface area contributed by atoms with Crippen molar-refractivity contribution in [3.8, 4) is 0 Å². The molecule has 4 heteroatoms. The van der Waals surface area contributed by atoms with E-state index in [1.54, 1.807) is 4.57 Å². The standard InChI is InChI=1S/C18H18N2OS/c21-17-15-11-4-5-12-16(15)19-18(22)20(17)13-7-6-10-14-8-2-1-3-9-14/h1-5,8-9,11-12H,6-7,10,13H2,(H,19,22). The molecule has 0 amide bonds. The number of aromatic nitrogens is 2. The van der Waals surface area contributed by atoms with E-state index in [0.717, 1.165) is 24.8 Å². The highest BCUT2D eigenvalue weighted by Crippen LogP contribution is 2.08. The molecule has 0 aliphatic heterocycles. The number of hydrogen-bond acceptors (Lipinski definition) is 2. The van der Waals surface area contributed by atoms with Crippen LogP contribution in [0.25, 0.3) is 10.9 Å². The molecule has 0 radical (unpaired) electrons. The molecule has 3 rings (SSSR count). The number of fused-ring (bicyclic) bond motifs is 1. The normalized spacial score (nSPS) is 10.9. The lowest BCUT2D eigenvalue weighted by atomic mass is 10.1. The molecule has 3 aromatic rings. The fourth-order valence-corrected chi connectivity index (χ4v) is 2.93. The molecule has 22 heavy (non-hydrogen) atoms. The highest BCUT2D eigenvalue weighted by molar-refractivity contribution is 7.71. The molecule has 0 saturated heterocycles. The van der Waals surface area contributed by atoms with Gasteiger partial charge in [0.1, 0.15) is 0 Å². The van der Waals surface area contributed by atoms with Crippen LogP contribution in [-0.4, -0.2) is 9.55 Å². The number of nitrogens with one attached hydrogen (secondary N) is 1. The molecule has 0 spiro atoms. The minimum absolute atomic E-state index is 0.000869. The molecule has 0 unspecified atom stereocenters. The van der Waals surface area contributed by atoms with Gasteiger partial charge in [0.2, 0.25) is 0 Å². The first-order chi connectivity index (χ1) is 10.8. The molecule has 112 valence electrons. The summed E-state index contributed by atoms with van der Waals surface area (Å²) in [6.07, 6.45) is 3.00. The maximum atomic E-state index is 12.5. The van der Waals surface area contributed by atoms with Gasteiger partial charge < -0.3 is 4.98 Å². The Bertz CT molecular complexity index is 881. The highest BCUT2D eigenvalue weighted by atomic mass is 32.1. The number of H-pyrrole nitrogens is 1. The Morgan fingerprint density at radius 3 is 2.50 bits per heavy atom. The number of benzene rings is 2. The smallest absolute Gasteiger partial charge is 0.262 e. The van der Waals surface area contributed by atoms with Crippen LogP contribution in [0.2, 0.25) is 0 Å². The summed E-state index contributed by atoms with van der Waals surface area (Å²) in [6, 6.07) is 17.9. The van der Waals surface area contributed by atoms with Gasteiger partial charge >= 0.3 is 0 Å². The zero-order valence-electron chi connectivity index (χ0n) is 12.3. The van der Waals surface area contributed by atoms with Crippen molar-refractivity contribution in [1.29, 1.82) is 0 Å².